The maximum absolute atomic E-state index is 10.6. The summed E-state index contributed by atoms with van der Waals surface area (Å²) in [5.74, 6) is 1.06. The Morgan fingerprint density at radius 2 is 1.50 bits per heavy atom. The first-order valence-corrected chi connectivity index (χ1v) is 9.77. The van der Waals surface area contributed by atoms with Gasteiger partial charge in [-0.05, 0) is 10.8 Å². The van der Waals surface area contributed by atoms with Gasteiger partial charge in [-0.2, -0.15) is 0 Å². The molecule has 0 aromatic carbocycles. The first-order chi connectivity index (χ1) is 6.18. The van der Waals surface area contributed by atoms with E-state index in [1.165, 1.54) is 0 Å². The van der Waals surface area contributed by atoms with Crippen LogP contribution in [0, 0.1) is 0 Å². The van der Waals surface area contributed by atoms with Gasteiger partial charge in [-0.3, -0.25) is 0 Å². The molecule has 14 heavy (non-hydrogen) atoms. The smallest absolute Gasteiger partial charge is 0.201 e. The second-order valence-electron chi connectivity index (χ2n) is 2.12. The Morgan fingerprint density at radius 1 is 1.14 bits per heavy atom. The molecule has 0 radical (unpaired) electrons. The van der Waals surface area contributed by atoms with E-state index in [4.69, 9.17) is 4.55 Å². The topological polar surface area (TPSA) is 71.4 Å². The molecule has 0 rings (SSSR count). The molecule has 8 heteroatoms. The van der Waals surface area contributed by atoms with Gasteiger partial charge in [-0.25, -0.2) is 12.6 Å². The summed E-state index contributed by atoms with van der Waals surface area (Å²) < 4.78 is 39.2. The fraction of sp³-hybridized carbons (Fsp3) is 1.00. The highest BCUT2D eigenvalue weighted by Gasteiger charge is 2.03. The van der Waals surface area contributed by atoms with E-state index >= 15 is 0 Å². The molecule has 0 fully saturated rings. The van der Waals surface area contributed by atoms with Gasteiger partial charge in [0.25, 0.3) is 0 Å². The third-order valence-electron chi connectivity index (χ3n) is 1.02. The van der Waals surface area contributed by atoms with Gasteiger partial charge in [-0.15, -0.1) is 0 Å². The first-order valence-electron chi connectivity index (χ1n) is 4.00. The van der Waals surface area contributed by atoms with Crippen LogP contribution in [0.1, 0.15) is 20.8 Å². The second kappa shape index (κ2) is 7.86. The van der Waals surface area contributed by atoms with Crippen molar-refractivity contribution in [3.63, 3.8) is 0 Å². The Labute approximate surface area is 94.7 Å². The molecule has 0 aliphatic rings. The highest BCUT2D eigenvalue weighted by molar-refractivity contribution is 8.72. The van der Waals surface area contributed by atoms with Gasteiger partial charge in [0.15, 0.2) is 0 Å². The molecular formula is C6H16O4S4. The predicted octanol–water partition coefficient (Wildman–Crippen LogP) is 1.31. The van der Waals surface area contributed by atoms with Crippen molar-refractivity contribution in [1.82, 2.24) is 0 Å². The summed E-state index contributed by atoms with van der Waals surface area (Å²) in [6.07, 6.45) is 0. The minimum absolute atomic E-state index is 0.169. The lowest BCUT2D eigenvalue weighted by Gasteiger charge is -1.92. The molecule has 0 heterocycles. The molecule has 1 N–H and O–H groups in total. The van der Waals surface area contributed by atoms with Crippen LogP contribution in [0.15, 0.2) is 0 Å². The van der Waals surface area contributed by atoms with Gasteiger partial charge < -0.3 is 4.55 Å². The van der Waals surface area contributed by atoms with Crippen LogP contribution < -0.4 is 0 Å². The maximum atomic E-state index is 10.6. The Hall–Kier alpha value is 0.630. The van der Waals surface area contributed by atoms with Gasteiger partial charge in [0.1, 0.15) is 8.77 Å². The number of hydrogen-bond donors (Lipinski definition) is 1. The number of hydrogen-bond acceptors (Lipinski definition) is 5. The van der Waals surface area contributed by atoms with Crippen LogP contribution in [0.25, 0.3) is 0 Å². The first kappa shape index (κ1) is 17.0. The minimum Gasteiger partial charge on any atom is -0.306 e. The highest BCUT2D eigenvalue weighted by Crippen LogP contribution is 2.10. The Bertz CT molecular complexity index is 316. The van der Waals surface area contributed by atoms with E-state index in [2.05, 4.69) is 11.2 Å². The van der Waals surface area contributed by atoms with Crippen molar-refractivity contribution in [2.24, 2.45) is 0 Å². The van der Waals surface area contributed by atoms with Crippen molar-refractivity contribution in [2.45, 2.75) is 20.8 Å². The van der Waals surface area contributed by atoms with Gasteiger partial charge in [0, 0.05) is 22.7 Å². The molecule has 0 aromatic heterocycles. The van der Waals surface area contributed by atoms with Crippen molar-refractivity contribution in [3.05, 3.63) is 0 Å². The summed E-state index contributed by atoms with van der Waals surface area (Å²) in [7, 11) is -4.58. The van der Waals surface area contributed by atoms with Gasteiger partial charge in [0.2, 0.25) is 8.87 Å². The molecular weight excluding hydrogens is 264 g/mol. The molecule has 0 aromatic rings. The van der Waals surface area contributed by atoms with Crippen LogP contribution in [-0.2, 0) is 28.8 Å². The summed E-state index contributed by atoms with van der Waals surface area (Å²) in [5.41, 5.74) is 0. The van der Waals surface area contributed by atoms with Gasteiger partial charge >= 0.3 is 0 Å². The maximum Gasteiger partial charge on any atom is 0.201 e. The standard InChI is InChI=1S/C4H10O2S2.C2H6O2S2/c1-3-7-8(5,6)4-2;1-2-6(3,4)5/h3-4H2,1-2H3;2H2,1H3,(H,3,4,5). The molecule has 1 atom stereocenters. The van der Waals surface area contributed by atoms with Crippen molar-refractivity contribution in [3.8, 4) is 0 Å². The third-order valence-corrected chi connectivity index (χ3v) is 6.25. The number of rotatable bonds is 4. The summed E-state index contributed by atoms with van der Waals surface area (Å²) in [5, 5.41) is 0. The normalized spacial score (nSPS) is 15.1. The average molecular weight is 280 g/mol. The Morgan fingerprint density at radius 3 is 1.57 bits per heavy atom. The van der Waals surface area contributed by atoms with E-state index in [1.807, 2.05) is 6.92 Å². The lowest BCUT2D eigenvalue weighted by Crippen LogP contribution is -1.95. The molecule has 0 saturated heterocycles. The fourth-order valence-corrected chi connectivity index (χ4v) is 2.37. The predicted molar refractivity (Wildman–Crippen MR) is 66.3 cm³/mol. The van der Waals surface area contributed by atoms with Crippen LogP contribution in [0.4, 0.5) is 0 Å². The molecule has 4 nitrogen and oxygen atoms in total. The van der Waals surface area contributed by atoms with E-state index in [1.54, 1.807) is 13.8 Å². The Kier molecular flexibility index (Phi) is 9.57. The van der Waals surface area contributed by atoms with Crippen LogP contribution in [0.3, 0.4) is 0 Å². The zero-order chi connectivity index (χ0) is 11.8. The van der Waals surface area contributed by atoms with E-state index < -0.39 is 17.6 Å². The van der Waals surface area contributed by atoms with Gasteiger partial charge in [0.05, 0.1) is 5.75 Å². The lowest BCUT2D eigenvalue weighted by atomic mass is 11.0. The van der Waals surface area contributed by atoms with Crippen molar-refractivity contribution in [1.29, 1.82) is 0 Å². The minimum atomic E-state index is -2.83. The monoisotopic (exact) mass is 280 g/mol. The van der Waals surface area contributed by atoms with Crippen LogP contribution >= 0.6 is 10.8 Å². The molecule has 0 saturated carbocycles. The summed E-state index contributed by atoms with van der Waals surface area (Å²) >= 11 is 4.07. The van der Waals surface area contributed by atoms with Crippen molar-refractivity contribution >= 4 is 39.6 Å². The Balaban J connectivity index is 0. The fourth-order valence-electron chi connectivity index (χ4n) is 0.263. The molecule has 0 aliphatic carbocycles. The van der Waals surface area contributed by atoms with E-state index in [9.17, 15) is 12.6 Å². The zero-order valence-electron chi connectivity index (χ0n) is 8.43. The van der Waals surface area contributed by atoms with Crippen LogP contribution in [0.5, 0.6) is 0 Å². The summed E-state index contributed by atoms with van der Waals surface area (Å²) in [6.45, 7) is 5.06. The largest absolute Gasteiger partial charge is 0.306 e. The summed E-state index contributed by atoms with van der Waals surface area (Å²) in [4.78, 5) is 0. The molecule has 0 spiro atoms. The van der Waals surface area contributed by atoms with E-state index in [0.29, 0.717) is 5.75 Å². The van der Waals surface area contributed by atoms with Crippen molar-refractivity contribution in [2.75, 3.05) is 17.3 Å². The lowest BCUT2D eigenvalue weighted by molar-refractivity contribution is 0.563. The molecule has 0 amide bonds. The zero-order valence-corrected chi connectivity index (χ0v) is 11.7. The second-order valence-corrected chi connectivity index (χ2v) is 10.2. The van der Waals surface area contributed by atoms with Crippen molar-refractivity contribution < 1.29 is 17.2 Å². The molecule has 88 valence electrons. The highest BCUT2D eigenvalue weighted by atomic mass is 33.1. The SMILES string of the molecule is CCS(=O)(O)=S.CCSS(=O)(=O)CC. The third kappa shape index (κ3) is 15.1. The van der Waals surface area contributed by atoms with Crippen LogP contribution in [0.2, 0.25) is 0 Å². The quantitative estimate of drug-likeness (QED) is 0.783. The van der Waals surface area contributed by atoms with Crippen LogP contribution in [-0.4, -0.2) is 34.4 Å². The van der Waals surface area contributed by atoms with E-state index in [-0.39, 0.29) is 11.5 Å². The molecule has 0 bridgehead atoms. The summed E-state index contributed by atoms with van der Waals surface area (Å²) in [6, 6.07) is 0. The average Bonchev–Trinajstić information content (AvgIpc) is 2.04. The van der Waals surface area contributed by atoms with Gasteiger partial charge in [-0.1, -0.05) is 20.8 Å². The van der Waals surface area contributed by atoms with E-state index in [0.717, 1.165) is 10.8 Å². The molecule has 0 aliphatic heterocycles. The molecule has 1 unspecified atom stereocenters.